The number of nitrogens with zero attached hydrogens (tertiary/aromatic N) is 2. The fraction of sp³-hybridized carbons (Fsp3) is 0.308. The Morgan fingerprint density at radius 3 is 2.22 bits per heavy atom. The number of carbonyl (C=O) groups is 6. The number of ketones is 1. The van der Waals surface area contributed by atoms with Crippen LogP contribution >= 0.6 is 0 Å². The number of para-hydroxylation sites is 2. The summed E-state index contributed by atoms with van der Waals surface area (Å²) in [5, 5.41) is 5.15. The minimum atomic E-state index is -1.12. The number of amides is 4. The molecular weight excluding hydrogens is 464 g/mol. The maximum absolute atomic E-state index is 13.6. The number of nitrogens with one attached hydrogen (secondary N) is 2. The number of rotatable bonds is 9. The molecule has 0 unspecified atom stereocenters. The fourth-order valence-electron chi connectivity index (χ4n) is 4.02. The van der Waals surface area contributed by atoms with Gasteiger partial charge in [0.2, 0.25) is 17.7 Å². The molecule has 10 nitrogen and oxygen atoms in total. The van der Waals surface area contributed by atoms with E-state index < -0.39 is 36.3 Å². The molecular formula is C26H28N4O6. The van der Waals surface area contributed by atoms with E-state index >= 15 is 0 Å². The largest absolute Gasteiger partial charge is 0.345 e. The van der Waals surface area contributed by atoms with Crippen molar-refractivity contribution < 1.29 is 28.8 Å². The summed E-state index contributed by atoms with van der Waals surface area (Å²) in [5.41, 5.74) is 1.47. The molecule has 1 aliphatic rings. The lowest BCUT2D eigenvalue weighted by molar-refractivity contribution is -0.128. The molecule has 36 heavy (non-hydrogen) atoms. The smallest absolute Gasteiger partial charge is 0.251 e. The van der Waals surface area contributed by atoms with Gasteiger partial charge in [0.05, 0.1) is 30.4 Å². The zero-order valence-corrected chi connectivity index (χ0v) is 20.1. The second kappa shape index (κ2) is 11.9. The molecule has 0 bridgehead atoms. The highest BCUT2D eigenvalue weighted by Gasteiger charge is 2.37. The van der Waals surface area contributed by atoms with E-state index in [-0.39, 0.29) is 31.1 Å². The predicted molar refractivity (Wildman–Crippen MR) is 132 cm³/mol. The molecule has 10 heteroatoms. The van der Waals surface area contributed by atoms with Crippen LogP contribution < -0.4 is 20.4 Å². The summed E-state index contributed by atoms with van der Waals surface area (Å²) in [6.45, 7) is 2.05. The Morgan fingerprint density at radius 1 is 0.972 bits per heavy atom. The van der Waals surface area contributed by atoms with Crippen LogP contribution in [-0.2, 0) is 35.2 Å². The second-order valence-corrected chi connectivity index (χ2v) is 8.54. The van der Waals surface area contributed by atoms with Crippen molar-refractivity contribution in [3.63, 3.8) is 0 Å². The number of benzene rings is 2. The monoisotopic (exact) mass is 492 g/mol. The number of hydrogen-bond donors (Lipinski definition) is 2. The summed E-state index contributed by atoms with van der Waals surface area (Å²) < 4.78 is 0. The van der Waals surface area contributed by atoms with Crippen LogP contribution in [0.1, 0.15) is 25.8 Å². The quantitative estimate of drug-likeness (QED) is 0.497. The van der Waals surface area contributed by atoms with Crippen LogP contribution in [0, 0.1) is 0 Å². The first-order chi connectivity index (χ1) is 17.2. The molecule has 0 aliphatic carbocycles. The van der Waals surface area contributed by atoms with Gasteiger partial charge >= 0.3 is 0 Å². The summed E-state index contributed by atoms with van der Waals surface area (Å²) in [6, 6.07) is 13.4. The Balaban J connectivity index is 1.88. The molecule has 2 aromatic carbocycles. The molecule has 3 rings (SSSR count). The molecule has 2 atom stereocenters. The molecule has 1 heterocycles. The van der Waals surface area contributed by atoms with E-state index in [1.165, 1.54) is 23.6 Å². The van der Waals surface area contributed by atoms with Crippen molar-refractivity contribution in [3.8, 4) is 0 Å². The number of anilines is 2. The van der Waals surface area contributed by atoms with Gasteiger partial charge in [-0.2, -0.15) is 0 Å². The lowest BCUT2D eigenvalue weighted by atomic mass is 10.1. The predicted octanol–water partition coefficient (Wildman–Crippen LogP) is 0.776. The SMILES string of the molecule is CC(=O)C[C@@H](C=O)NC(=O)CN1C(=O)[C@@H](NC(=O)Cc2ccccc2)CN(C(C)=O)c2ccccc21. The van der Waals surface area contributed by atoms with Crippen LogP contribution in [0.4, 0.5) is 11.4 Å². The first-order valence-corrected chi connectivity index (χ1v) is 11.5. The Labute approximate surface area is 208 Å². The maximum Gasteiger partial charge on any atom is 0.251 e. The molecule has 0 aromatic heterocycles. The van der Waals surface area contributed by atoms with Gasteiger partial charge in [0.1, 0.15) is 24.7 Å². The van der Waals surface area contributed by atoms with E-state index in [1.807, 2.05) is 6.07 Å². The summed E-state index contributed by atoms with van der Waals surface area (Å²) in [5.74, 6) is -2.28. The highest BCUT2D eigenvalue weighted by Crippen LogP contribution is 2.32. The van der Waals surface area contributed by atoms with Crippen LogP contribution in [0.5, 0.6) is 0 Å². The van der Waals surface area contributed by atoms with Gasteiger partial charge in [-0.25, -0.2) is 0 Å². The number of carbonyl (C=O) groups excluding carboxylic acids is 6. The standard InChI is InChI=1S/C26H28N4O6/c1-17(32)12-20(16-31)27-25(35)15-30-23-11-7-6-10-22(23)29(18(2)33)14-21(26(30)36)28-24(34)13-19-8-4-3-5-9-19/h3-11,16,20-21H,12-15H2,1-2H3,(H,27,35)(H,28,34)/t20-,21-/m0/s1. The normalized spacial score (nSPS) is 15.8. The number of fused-ring (bicyclic) bond motifs is 1. The highest BCUT2D eigenvalue weighted by atomic mass is 16.2. The molecule has 1 aliphatic heterocycles. The molecule has 0 fully saturated rings. The van der Waals surface area contributed by atoms with Gasteiger partial charge in [-0.15, -0.1) is 0 Å². The van der Waals surface area contributed by atoms with Crippen molar-refractivity contribution in [2.75, 3.05) is 22.9 Å². The van der Waals surface area contributed by atoms with E-state index in [4.69, 9.17) is 0 Å². The van der Waals surface area contributed by atoms with Gasteiger partial charge in [-0.1, -0.05) is 42.5 Å². The molecule has 4 amide bonds. The van der Waals surface area contributed by atoms with Gasteiger partial charge in [0.25, 0.3) is 5.91 Å². The van der Waals surface area contributed by atoms with Crippen LogP contribution in [-0.4, -0.2) is 60.9 Å². The lowest BCUT2D eigenvalue weighted by Gasteiger charge is -2.25. The first kappa shape index (κ1) is 26.3. The van der Waals surface area contributed by atoms with E-state index in [0.29, 0.717) is 17.7 Å². The zero-order valence-electron chi connectivity index (χ0n) is 20.1. The van der Waals surface area contributed by atoms with Crippen LogP contribution in [0.2, 0.25) is 0 Å². The molecule has 2 aromatic rings. The molecule has 0 saturated carbocycles. The number of aldehydes is 1. The van der Waals surface area contributed by atoms with Gasteiger partial charge in [0.15, 0.2) is 0 Å². The third-order valence-corrected chi connectivity index (χ3v) is 5.64. The molecule has 188 valence electrons. The van der Waals surface area contributed by atoms with E-state index in [2.05, 4.69) is 10.6 Å². The Bertz CT molecular complexity index is 1170. The summed E-state index contributed by atoms with van der Waals surface area (Å²) in [4.78, 5) is 76.8. The van der Waals surface area contributed by atoms with Gasteiger partial charge in [-0.3, -0.25) is 28.9 Å². The Hall–Kier alpha value is -4.34. The Kier molecular flexibility index (Phi) is 8.66. The van der Waals surface area contributed by atoms with Crippen molar-refractivity contribution >= 4 is 47.1 Å². The van der Waals surface area contributed by atoms with Crippen molar-refractivity contribution in [3.05, 3.63) is 60.2 Å². The number of hydrogen-bond acceptors (Lipinski definition) is 6. The van der Waals surface area contributed by atoms with Crippen LogP contribution in [0.25, 0.3) is 0 Å². The highest BCUT2D eigenvalue weighted by molar-refractivity contribution is 6.10. The summed E-state index contributed by atoms with van der Waals surface area (Å²) in [6.07, 6.45) is 0.321. The van der Waals surface area contributed by atoms with Gasteiger partial charge in [-0.05, 0) is 24.6 Å². The molecule has 0 radical (unpaired) electrons. The van der Waals surface area contributed by atoms with Crippen molar-refractivity contribution in [1.82, 2.24) is 10.6 Å². The lowest BCUT2D eigenvalue weighted by Crippen LogP contribution is -2.54. The number of Topliss-reactive ketones (excluding diaryl/α,β-unsaturated/α-hetero) is 1. The van der Waals surface area contributed by atoms with Crippen LogP contribution in [0.15, 0.2) is 54.6 Å². The summed E-state index contributed by atoms with van der Waals surface area (Å²) in [7, 11) is 0. The Morgan fingerprint density at radius 2 is 1.61 bits per heavy atom. The molecule has 2 N–H and O–H groups in total. The third kappa shape index (κ3) is 6.62. The minimum absolute atomic E-state index is 0.0319. The topological polar surface area (TPSA) is 133 Å². The van der Waals surface area contributed by atoms with E-state index in [0.717, 1.165) is 5.56 Å². The average molecular weight is 493 g/mol. The fourth-order valence-corrected chi connectivity index (χ4v) is 4.02. The van der Waals surface area contributed by atoms with Crippen LogP contribution in [0.3, 0.4) is 0 Å². The molecule has 0 spiro atoms. The van der Waals surface area contributed by atoms with Gasteiger partial charge < -0.3 is 20.3 Å². The maximum atomic E-state index is 13.6. The minimum Gasteiger partial charge on any atom is -0.345 e. The van der Waals surface area contributed by atoms with Crippen molar-refractivity contribution in [2.24, 2.45) is 0 Å². The van der Waals surface area contributed by atoms with Crippen molar-refractivity contribution in [2.45, 2.75) is 38.8 Å². The molecule has 0 saturated heterocycles. The third-order valence-electron chi connectivity index (χ3n) is 5.64. The average Bonchev–Trinajstić information content (AvgIpc) is 2.94. The van der Waals surface area contributed by atoms with E-state index in [9.17, 15) is 28.8 Å². The van der Waals surface area contributed by atoms with E-state index in [1.54, 1.807) is 48.5 Å². The second-order valence-electron chi connectivity index (χ2n) is 8.54. The first-order valence-electron chi connectivity index (χ1n) is 11.5. The van der Waals surface area contributed by atoms with Gasteiger partial charge in [0, 0.05) is 13.3 Å². The summed E-state index contributed by atoms with van der Waals surface area (Å²) >= 11 is 0. The van der Waals surface area contributed by atoms with Crippen molar-refractivity contribution in [1.29, 1.82) is 0 Å². The zero-order chi connectivity index (χ0) is 26.2.